The molecular formula is C10H21NO4S. The predicted molar refractivity (Wildman–Crippen MR) is 62.4 cm³/mol. The first-order chi connectivity index (χ1) is 6.83. The summed E-state index contributed by atoms with van der Waals surface area (Å²) in [5.74, 6) is -0.727. The van der Waals surface area contributed by atoms with Gasteiger partial charge in [-0.25, -0.2) is 0 Å². The summed E-state index contributed by atoms with van der Waals surface area (Å²) in [5.41, 5.74) is 4.15. The third kappa shape index (κ3) is 7.64. The van der Waals surface area contributed by atoms with Crippen LogP contribution in [-0.2, 0) is 14.9 Å². The number of rotatable bonds is 6. The van der Waals surface area contributed by atoms with E-state index in [1.54, 1.807) is 13.8 Å². The van der Waals surface area contributed by atoms with Crippen LogP contribution in [-0.4, -0.2) is 24.6 Å². The second-order valence-corrected chi connectivity index (χ2v) is 7.33. The molecule has 0 heterocycles. The lowest BCUT2D eigenvalue weighted by molar-refractivity contribution is -0.120. The maximum atomic E-state index is 10.8. The number of carbonyl (C=O) groups excluding carboxylic acids is 1. The second kappa shape index (κ2) is 4.71. The van der Waals surface area contributed by atoms with Crippen molar-refractivity contribution in [1.29, 1.82) is 0 Å². The number of hydrogen-bond donors (Lipinski definition) is 2. The molecule has 0 aliphatic rings. The monoisotopic (exact) mass is 251 g/mol. The second-order valence-electron chi connectivity index (χ2n) is 5.87. The molecule has 0 aliphatic carbocycles. The molecule has 0 aromatic rings. The van der Waals surface area contributed by atoms with Gasteiger partial charge >= 0.3 is 0 Å². The topological polar surface area (TPSA) is 97.5 Å². The quantitative estimate of drug-likeness (QED) is 0.693. The molecule has 5 nitrogen and oxygen atoms in total. The molecule has 6 heteroatoms. The maximum absolute atomic E-state index is 10.8. The van der Waals surface area contributed by atoms with E-state index in [0.717, 1.165) is 0 Å². The standard InChI is InChI=1S/C10H21NO4S/c1-9(2,5-8(11)12)6-10(3,4)7-16(13,14)15/h5-7H2,1-4H3,(H2,11,12)(H,13,14,15). The lowest BCUT2D eigenvalue weighted by Gasteiger charge is -2.33. The average molecular weight is 251 g/mol. The van der Waals surface area contributed by atoms with Crippen molar-refractivity contribution >= 4 is 16.0 Å². The van der Waals surface area contributed by atoms with Crippen LogP contribution in [0.25, 0.3) is 0 Å². The zero-order chi connectivity index (χ0) is 13.2. The molecular weight excluding hydrogens is 230 g/mol. The van der Waals surface area contributed by atoms with E-state index in [1.165, 1.54) is 0 Å². The summed E-state index contributed by atoms with van der Waals surface area (Å²) in [6, 6.07) is 0. The molecule has 0 aromatic heterocycles. The van der Waals surface area contributed by atoms with E-state index >= 15 is 0 Å². The van der Waals surface area contributed by atoms with Crippen LogP contribution < -0.4 is 5.73 Å². The highest BCUT2D eigenvalue weighted by Gasteiger charge is 2.33. The first-order valence-corrected chi connectivity index (χ1v) is 6.67. The lowest BCUT2D eigenvalue weighted by atomic mass is 9.74. The number of carbonyl (C=O) groups is 1. The highest BCUT2D eigenvalue weighted by molar-refractivity contribution is 7.85. The van der Waals surface area contributed by atoms with E-state index < -0.39 is 21.4 Å². The van der Waals surface area contributed by atoms with Gasteiger partial charge in [0.1, 0.15) is 0 Å². The number of primary amides is 1. The van der Waals surface area contributed by atoms with Gasteiger partial charge in [0.2, 0.25) is 5.91 Å². The molecule has 0 saturated heterocycles. The van der Waals surface area contributed by atoms with E-state index in [1.807, 2.05) is 13.8 Å². The minimum Gasteiger partial charge on any atom is -0.370 e. The highest BCUT2D eigenvalue weighted by atomic mass is 32.2. The third-order valence-corrected chi connectivity index (χ3v) is 3.33. The van der Waals surface area contributed by atoms with Crippen molar-refractivity contribution < 1.29 is 17.8 Å². The van der Waals surface area contributed by atoms with Crippen molar-refractivity contribution in [3.63, 3.8) is 0 Å². The fourth-order valence-corrected chi connectivity index (χ4v) is 3.46. The Labute approximate surface area is 97.2 Å². The fraction of sp³-hybridized carbons (Fsp3) is 0.900. The van der Waals surface area contributed by atoms with Gasteiger partial charge in [0, 0.05) is 6.42 Å². The Hall–Kier alpha value is -0.620. The van der Waals surface area contributed by atoms with Crippen LogP contribution >= 0.6 is 0 Å². The van der Waals surface area contributed by atoms with Gasteiger partial charge < -0.3 is 5.73 Å². The Kier molecular flexibility index (Phi) is 4.53. The van der Waals surface area contributed by atoms with E-state index in [2.05, 4.69) is 0 Å². The summed E-state index contributed by atoms with van der Waals surface area (Å²) in [7, 11) is -4.00. The molecule has 0 fully saturated rings. The molecule has 96 valence electrons. The molecule has 0 rings (SSSR count). The summed E-state index contributed by atoms with van der Waals surface area (Å²) < 4.78 is 30.5. The van der Waals surface area contributed by atoms with Crippen LogP contribution in [0.5, 0.6) is 0 Å². The number of hydrogen-bond acceptors (Lipinski definition) is 3. The molecule has 0 radical (unpaired) electrons. The van der Waals surface area contributed by atoms with Crippen molar-refractivity contribution in [3.05, 3.63) is 0 Å². The molecule has 0 atom stereocenters. The smallest absolute Gasteiger partial charge is 0.265 e. The first-order valence-electron chi connectivity index (χ1n) is 5.07. The summed E-state index contributed by atoms with van der Waals surface area (Å²) in [6.45, 7) is 7.18. The Morgan fingerprint density at radius 1 is 1.19 bits per heavy atom. The average Bonchev–Trinajstić information content (AvgIpc) is 1.69. The van der Waals surface area contributed by atoms with Crippen LogP contribution in [0, 0.1) is 10.8 Å². The van der Waals surface area contributed by atoms with Crippen molar-refractivity contribution in [2.24, 2.45) is 16.6 Å². The Balaban J connectivity index is 4.63. The lowest BCUT2D eigenvalue weighted by Crippen LogP contribution is -2.32. The Morgan fingerprint density at radius 2 is 1.62 bits per heavy atom. The zero-order valence-electron chi connectivity index (χ0n) is 10.3. The SMILES string of the molecule is CC(C)(CC(N)=O)CC(C)(C)CS(=O)(=O)O. The van der Waals surface area contributed by atoms with E-state index in [0.29, 0.717) is 6.42 Å². The van der Waals surface area contributed by atoms with E-state index in [9.17, 15) is 13.2 Å². The van der Waals surface area contributed by atoms with Gasteiger partial charge in [-0.15, -0.1) is 0 Å². The predicted octanol–water partition coefficient (Wildman–Crippen LogP) is 1.19. The summed E-state index contributed by atoms with van der Waals surface area (Å²) in [5, 5.41) is 0. The Bertz CT molecular complexity index is 357. The molecule has 0 unspecified atom stereocenters. The molecule has 3 N–H and O–H groups in total. The van der Waals surface area contributed by atoms with E-state index in [4.69, 9.17) is 10.3 Å². The van der Waals surface area contributed by atoms with Crippen LogP contribution in [0.15, 0.2) is 0 Å². The summed E-state index contributed by atoms with van der Waals surface area (Å²) in [4.78, 5) is 10.8. The third-order valence-electron chi connectivity index (χ3n) is 2.18. The minimum atomic E-state index is -4.00. The van der Waals surface area contributed by atoms with Crippen LogP contribution in [0.1, 0.15) is 40.5 Å². The summed E-state index contributed by atoms with van der Waals surface area (Å²) >= 11 is 0. The van der Waals surface area contributed by atoms with Crippen LogP contribution in [0.2, 0.25) is 0 Å². The largest absolute Gasteiger partial charge is 0.370 e. The van der Waals surface area contributed by atoms with Gasteiger partial charge in [0.25, 0.3) is 10.1 Å². The maximum Gasteiger partial charge on any atom is 0.265 e. The van der Waals surface area contributed by atoms with Gasteiger partial charge in [-0.05, 0) is 17.3 Å². The highest BCUT2D eigenvalue weighted by Crippen LogP contribution is 2.36. The Morgan fingerprint density at radius 3 is 1.94 bits per heavy atom. The zero-order valence-corrected chi connectivity index (χ0v) is 11.1. The molecule has 0 bridgehead atoms. The van der Waals surface area contributed by atoms with Gasteiger partial charge in [-0.1, -0.05) is 27.7 Å². The molecule has 0 aliphatic heterocycles. The van der Waals surface area contributed by atoms with Crippen LogP contribution in [0.4, 0.5) is 0 Å². The van der Waals surface area contributed by atoms with Crippen molar-refractivity contribution in [1.82, 2.24) is 0 Å². The van der Waals surface area contributed by atoms with Crippen LogP contribution in [0.3, 0.4) is 0 Å². The van der Waals surface area contributed by atoms with E-state index in [-0.39, 0.29) is 17.6 Å². The minimum absolute atomic E-state index is 0.196. The van der Waals surface area contributed by atoms with Crippen molar-refractivity contribution in [3.8, 4) is 0 Å². The van der Waals surface area contributed by atoms with Gasteiger partial charge in [-0.2, -0.15) is 8.42 Å². The van der Waals surface area contributed by atoms with Crippen molar-refractivity contribution in [2.75, 3.05) is 5.75 Å². The molecule has 16 heavy (non-hydrogen) atoms. The molecule has 1 amide bonds. The normalized spacial score (nSPS) is 13.8. The van der Waals surface area contributed by atoms with Gasteiger partial charge in [0.05, 0.1) is 5.75 Å². The molecule has 0 spiro atoms. The molecule has 0 saturated carbocycles. The number of nitrogens with two attached hydrogens (primary N) is 1. The number of amides is 1. The summed E-state index contributed by atoms with van der Waals surface area (Å²) in [6.07, 6.45) is 0.685. The van der Waals surface area contributed by atoms with Gasteiger partial charge in [-0.3, -0.25) is 9.35 Å². The molecule has 0 aromatic carbocycles. The van der Waals surface area contributed by atoms with Gasteiger partial charge in [0.15, 0.2) is 0 Å². The fourth-order valence-electron chi connectivity index (χ4n) is 2.37. The van der Waals surface area contributed by atoms with Crippen molar-refractivity contribution in [2.45, 2.75) is 40.5 Å². The first kappa shape index (κ1) is 15.4.